The zero-order valence-electron chi connectivity index (χ0n) is 23.0. The molecule has 3 aromatic carbocycles. The van der Waals surface area contributed by atoms with Crippen molar-refractivity contribution in [1.29, 1.82) is 5.26 Å². The fourth-order valence-corrected chi connectivity index (χ4v) is 7.87. The Labute approximate surface area is 230 Å². The molecule has 1 atom stereocenters. The normalized spacial score (nSPS) is 18.6. The fraction of sp³-hybridized carbons (Fsp3) is 0.333. The van der Waals surface area contributed by atoms with Crippen LogP contribution in [0.4, 0.5) is 0 Å². The Bertz CT molecular complexity index is 1750. The van der Waals surface area contributed by atoms with Crippen LogP contribution < -0.4 is 4.57 Å². The standard InChI is InChI=1S/C36H35N2O/c1-24-11-17-28-29-18-16-27(23-37)33(35(29)39-34(28)32(24)31-10-4-8-22-38(31)2)26-14-12-25(13-15-26)30-9-3-5-19-36(30)20-6-7-21-36/h4,8,10-18,22,30H,3,5-7,9,19-21H2,1-2H3/q+1. The predicted molar refractivity (Wildman–Crippen MR) is 157 cm³/mol. The van der Waals surface area contributed by atoms with E-state index < -0.39 is 0 Å². The number of aromatic nitrogens is 1. The number of hydrogen-bond donors (Lipinski definition) is 0. The number of benzene rings is 3. The molecular weight excluding hydrogens is 476 g/mol. The number of furan rings is 1. The van der Waals surface area contributed by atoms with E-state index in [-0.39, 0.29) is 0 Å². The fourth-order valence-electron chi connectivity index (χ4n) is 7.87. The van der Waals surface area contributed by atoms with Crippen molar-refractivity contribution in [2.75, 3.05) is 0 Å². The minimum absolute atomic E-state index is 0.512. The van der Waals surface area contributed by atoms with E-state index in [9.17, 15) is 5.26 Å². The van der Waals surface area contributed by atoms with Gasteiger partial charge < -0.3 is 4.42 Å². The first-order valence-electron chi connectivity index (χ1n) is 14.5. The summed E-state index contributed by atoms with van der Waals surface area (Å²) in [5.41, 5.74) is 9.66. The van der Waals surface area contributed by atoms with Crippen LogP contribution >= 0.6 is 0 Å². The molecule has 0 radical (unpaired) electrons. The topological polar surface area (TPSA) is 40.8 Å². The van der Waals surface area contributed by atoms with E-state index in [1.807, 2.05) is 18.2 Å². The van der Waals surface area contributed by atoms with Crippen LogP contribution in [-0.2, 0) is 7.05 Å². The number of aryl methyl sites for hydroxylation is 2. The molecule has 0 aliphatic heterocycles. The van der Waals surface area contributed by atoms with Crippen LogP contribution in [-0.4, -0.2) is 0 Å². The summed E-state index contributed by atoms with van der Waals surface area (Å²) in [5.74, 6) is 0.664. The van der Waals surface area contributed by atoms with Crippen LogP contribution in [0.2, 0.25) is 0 Å². The summed E-state index contributed by atoms with van der Waals surface area (Å²) in [5, 5.41) is 12.3. The molecule has 2 aromatic heterocycles. The van der Waals surface area contributed by atoms with Gasteiger partial charge >= 0.3 is 0 Å². The van der Waals surface area contributed by atoms with Crippen LogP contribution in [0.15, 0.2) is 77.3 Å². The van der Waals surface area contributed by atoms with Gasteiger partial charge in [-0.15, -0.1) is 0 Å². The molecule has 3 heteroatoms. The van der Waals surface area contributed by atoms with Gasteiger partial charge in [0.05, 0.1) is 17.2 Å². The van der Waals surface area contributed by atoms with E-state index in [4.69, 9.17) is 4.42 Å². The molecule has 1 spiro atoms. The minimum Gasteiger partial charge on any atom is -0.454 e. The second-order valence-corrected chi connectivity index (χ2v) is 11.9. The van der Waals surface area contributed by atoms with Crippen LogP contribution in [0, 0.1) is 23.7 Å². The number of pyridine rings is 1. The Hall–Kier alpha value is -3.90. The second-order valence-electron chi connectivity index (χ2n) is 11.9. The number of nitriles is 1. The van der Waals surface area contributed by atoms with Crippen LogP contribution in [0.25, 0.3) is 44.3 Å². The lowest BCUT2D eigenvalue weighted by molar-refractivity contribution is -0.660. The van der Waals surface area contributed by atoms with Crippen LogP contribution in [0.1, 0.15) is 74.0 Å². The summed E-state index contributed by atoms with van der Waals surface area (Å²) in [6.45, 7) is 2.14. The molecule has 39 heavy (non-hydrogen) atoms. The average Bonchev–Trinajstić information content (AvgIpc) is 3.58. The van der Waals surface area contributed by atoms with Crippen molar-refractivity contribution < 1.29 is 8.98 Å². The van der Waals surface area contributed by atoms with Gasteiger partial charge in [0, 0.05) is 28.5 Å². The third-order valence-corrected chi connectivity index (χ3v) is 9.81. The average molecular weight is 512 g/mol. The van der Waals surface area contributed by atoms with Crippen LogP contribution in [0.5, 0.6) is 0 Å². The zero-order chi connectivity index (χ0) is 26.6. The molecule has 2 aliphatic carbocycles. The maximum absolute atomic E-state index is 10.1. The SMILES string of the molecule is Cc1ccc2c(oc3c(-c4ccc(C5CCCCC56CCCC6)cc4)c(C#N)ccc32)c1-c1cccc[n+]1C. The highest BCUT2D eigenvalue weighted by atomic mass is 16.3. The quantitative estimate of drug-likeness (QED) is 0.227. The van der Waals surface area contributed by atoms with Crippen molar-refractivity contribution in [2.45, 2.75) is 64.2 Å². The molecule has 7 rings (SSSR count). The van der Waals surface area contributed by atoms with E-state index in [1.54, 1.807) is 0 Å². The highest BCUT2D eigenvalue weighted by Gasteiger charge is 2.43. The Morgan fingerprint density at radius 3 is 2.23 bits per heavy atom. The highest BCUT2D eigenvalue weighted by molar-refractivity contribution is 6.14. The van der Waals surface area contributed by atoms with Crippen molar-refractivity contribution in [3.05, 3.63) is 89.6 Å². The van der Waals surface area contributed by atoms with Gasteiger partial charge in [-0.2, -0.15) is 5.26 Å². The van der Waals surface area contributed by atoms with Crippen LogP contribution in [0.3, 0.4) is 0 Å². The van der Waals surface area contributed by atoms with E-state index in [0.29, 0.717) is 16.9 Å². The van der Waals surface area contributed by atoms with Gasteiger partial charge in [0.25, 0.3) is 0 Å². The predicted octanol–water partition coefficient (Wildman–Crippen LogP) is 9.14. The monoisotopic (exact) mass is 511 g/mol. The summed E-state index contributed by atoms with van der Waals surface area (Å²) >= 11 is 0. The summed E-state index contributed by atoms with van der Waals surface area (Å²) < 4.78 is 8.90. The third-order valence-electron chi connectivity index (χ3n) is 9.81. The number of fused-ring (bicyclic) bond motifs is 3. The first-order valence-corrected chi connectivity index (χ1v) is 14.5. The molecular formula is C36H35N2O+. The Kier molecular flexibility index (Phi) is 5.81. The molecule has 1 unspecified atom stereocenters. The number of nitrogens with zero attached hydrogens (tertiary/aromatic N) is 2. The van der Waals surface area contributed by atoms with Crippen molar-refractivity contribution in [3.8, 4) is 28.5 Å². The first kappa shape index (κ1) is 24.2. The van der Waals surface area contributed by atoms with Gasteiger partial charge in [0.1, 0.15) is 18.2 Å². The largest absolute Gasteiger partial charge is 0.454 e. The van der Waals surface area contributed by atoms with Gasteiger partial charge in [-0.25, -0.2) is 4.57 Å². The lowest BCUT2D eigenvalue weighted by Gasteiger charge is -2.42. The number of rotatable bonds is 3. The van der Waals surface area contributed by atoms with Crippen molar-refractivity contribution in [3.63, 3.8) is 0 Å². The lowest BCUT2D eigenvalue weighted by Crippen LogP contribution is -2.30. The molecule has 0 N–H and O–H groups in total. The molecule has 2 saturated carbocycles. The molecule has 0 amide bonds. The lowest BCUT2D eigenvalue weighted by atomic mass is 9.63. The van der Waals surface area contributed by atoms with Gasteiger partial charge in [0.2, 0.25) is 5.69 Å². The van der Waals surface area contributed by atoms with E-state index in [0.717, 1.165) is 44.3 Å². The van der Waals surface area contributed by atoms with E-state index >= 15 is 0 Å². The van der Waals surface area contributed by atoms with Gasteiger partial charge in [-0.3, -0.25) is 0 Å². The molecule has 0 bridgehead atoms. The number of hydrogen-bond acceptors (Lipinski definition) is 2. The Morgan fingerprint density at radius 2 is 1.51 bits per heavy atom. The van der Waals surface area contributed by atoms with Gasteiger partial charge in [-0.1, -0.05) is 62.1 Å². The van der Waals surface area contributed by atoms with Crippen molar-refractivity contribution in [2.24, 2.45) is 12.5 Å². The molecule has 5 aromatic rings. The summed E-state index contributed by atoms with van der Waals surface area (Å²) in [7, 11) is 2.07. The molecule has 3 nitrogen and oxygen atoms in total. The minimum atomic E-state index is 0.512. The van der Waals surface area contributed by atoms with Crippen molar-refractivity contribution in [1.82, 2.24) is 0 Å². The van der Waals surface area contributed by atoms with E-state index in [2.05, 4.69) is 79.3 Å². The highest BCUT2D eigenvalue weighted by Crippen LogP contribution is 2.56. The third kappa shape index (κ3) is 3.80. The Balaban J connectivity index is 1.39. The Morgan fingerprint density at radius 1 is 0.821 bits per heavy atom. The molecule has 0 saturated heterocycles. The van der Waals surface area contributed by atoms with Gasteiger partial charge in [-0.05, 0) is 78.8 Å². The van der Waals surface area contributed by atoms with Gasteiger partial charge in [0.15, 0.2) is 6.20 Å². The molecule has 2 aliphatic rings. The van der Waals surface area contributed by atoms with E-state index in [1.165, 1.54) is 62.5 Å². The summed E-state index contributed by atoms with van der Waals surface area (Å²) in [6.07, 6.45) is 13.0. The molecule has 194 valence electrons. The maximum Gasteiger partial charge on any atom is 0.216 e. The zero-order valence-corrected chi connectivity index (χ0v) is 23.0. The molecule has 2 heterocycles. The maximum atomic E-state index is 10.1. The summed E-state index contributed by atoms with van der Waals surface area (Å²) in [4.78, 5) is 0. The van der Waals surface area contributed by atoms with Crippen molar-refractivity contribution >= 4 is 21.9 Å². The first-order chi connectivity index (χ1) is 19.1. The smallest absolute Gasteiger partial charge is 0.216 e. The molecule has 2 fully saturated rings. The summed E-state index contributed by atoms with van der Waals surface area (Å²) in [6, 6.07) is 26.2. The second kappa shape index (κ2) is 9.38.